The van der Waals surface area contributed by atoms with E-state index in [-0.39, 0.29) is 4.90 Å². The van der Waals surface area contributed by atoms with Crippen LogP contribution in [0.5, 0.6) is 0 Å². The number of rotatable bonds is 4. The second-order valence-electron chi connectivity index (χ2n) is 4.00. The highest BCUT2D eigenvalue weighted by Gasteiger charge is 2.24. The zero-order valence-electron chi connectivity index (χ0n) is 10.5. The zero-order chi connectivity index (χ0) is 13.9. The Morgan fingerprint density at radius 3 is 2.22 bits per heavy atom. The fourth-order valence-electron chi connectivity index (χ4n) is 1.39. The molecular weight excluding hydrogens is 257 g/mol. The lowest BCUT2D eigenvalue weighted by molar-refractivity contribution is 0.0600. The molecule has 0 amide bonds. The minimum Gasteiger partial charge on any atom is -0.465 e. The molecule has 1 aromatic rings. The van der Waals surface area contributed by atoms with Gasteiger partial charge in [-0.15, -0.1) is 0 Å². The molecule has 1 aromatic carbocycles. The van der Waals surface area contributed by atoms with Crippen LogP contribution in [0.25, 0.3) is 0 Å². The maximum Gasteiger partial charge on any atom is 0.337 e. The maximum absolute atomic E-state index is 13.2. The Bertz CT molecular complexity index is 523. The molecule has 100 valence electrons. The van der Waals surface area contributed by atoms with Gasteiger partial charge in [0.1, 0.15) is 6.17 Å². The van der Waals surface area contributed by atoms with Crippen LogP contribution in [0.1, 0.15) is 24.2 Å². The average Bonchev–Trinajstić information content (AvgIpc) is 2.36. The Labute approximate surface area is 106 Å². The summed E-state index contributed by atoms with van der Waals surface area (Å²) in [7, 11) is -1.95. The molecule has 0 aromatic heterocycles. The number of ether oxygens (including phenoxy) is 1. The van der Waals surface area contributed by atoms with Gasteiger partial charge in [-0.3, -0.25) is 0 Å². The second kappa shape index (κ2) is 5.48. The smallest absolute Gasteiger partial charge is 0.337 e. The maximum atomic E-state index is 13.2. The number of alkyl halides is 1. The Kier molecular flexibility index (Phi) is 4.45. The Morgan fingerprint density at radius 2 is 1.83 bits per heavy atom. The van der Waals surface area contributed by atoms with E-state index in [0.29, 0.717) is 5.56 Å². The molecule has 18 heavy (non-hydrogen) atoms. The number of benzene rings is 1. The van der Waals surface area contributed by atoms with Crippen molar-refractivity contribution in [3.05, 3.63) is 29.8 Å². The van der Waals surface area contributed by atoms with Crippen molar-refractivity contribution in [1.82, 2.24) is 0 Å². The summed E-state index contributed by atoms with van der Waals surface area (Å²) in [6.45, 7) is 2.72. The predicted molar refractivity (Wildman–Crippen MR) is 66.9 cm³/mol. The van der Waals surface area contributed by atoms with Crippen molar-refractivity contribution in [1.29, 1.82) is 4.78 Å². The summed E-state index contributed by atoms with van der Waals surface area (Å²) in [6.07, 6.45) is -1.34. The molecule has 0 aliphatic heterocycles. The van der Waals surface area contributed by atoms with E-state index >= 15 is 0 Å². The van der Waals surface area contributed by atoms with E-state index in [4.69, 9.17) is 4.78 Å². The van der Waals surface area contributed by atoms with Crippen molar-refractivity contribution in [2.24, 2.45) is 0 Å². The summed E-state index contributed by atoms with van der Waals surface area (Å²) >= 11 is 0. The van der Waals surface area contributed by atoms with E-state index in [9.17, 15) is 13.4 Å². The quantitative estimate of drug-likeness (QED) is 0.857. The minimum atomic E-state index is -3.21. The fraction of sp³-hybridized carbons (Fsp3) is 0.417. The topological polar surface area (TPSA) is 67.2 Å². The molecule has 3 atom stereocenters. The van der Waals surface area contributed by atoms with Gasteiger partial charge in [-0.05, 0) is 38.1 Å². The Morgan fingerprint density at radius 1 is 1.33 bits per heavy atom. The fourth-order valence-corrected chi connectivity index (χ4v) is 2.89. The minimum absolute atomic E-state index is 0.215. The molecule has 0 fully saturated rings. The molecule has 0 aliphatic carbocycles. The van der Waals surface area contributed by atoms with Crippen molar-refractivity contribution in [3.8, 4) is 0 Å². The highest BCUT2D eigenvalue weighted by molar-refractivity contribution is 7.93. The SMILES string of the molecule is COC(=O)c1ccc(S(=N)(=O)[C@@H](C)C(C)F)cc1. The van der Waals surface area contributed by atoms with Gasteiger partial charge < -0.3 is 4.74 Å². The van der Waals surface area contributed by atoms with Crippen molar-refractivity contribution in [2.75, 3.05) is 7.11 Å². The first-order valence-electron chi connectivity index (χ1n) is 5.40. The van der Waals surface area contributed by atoms with Gasteiger partial charge in [0.15, 0.2) is 0 Å². The normalized spacial score (nSPS) is 17.6. The van der Waals surface area contributed by atoms with Gasteiger partial charge in [-0.1, -0.05) is 0 Å². The number of carbonyl (C=O) groups excluding carboxylic acids is 1. The molecule has 0 saturated heterocycles. The van der Waals surface area contributed by atoms with Crippen LogP contribution in [-0.4, -0.2) is 28.7 Å². The molecule has 1 N–H and O–H groups in total. The van der Waals surface area contributed by atoms with E-state index in [1.165, 1.54) is 45.2 Å². The van der Waals surface area contributed by atoms with Crippen LogP contribution in [-0.2, 0) is 14.5 Å². The summed E-state index contributed by atoms with van der Waals surface area (Å²) in [4.78, 5) is 11.4. The van der Waals surface area contributed by atoms with E-state index < -0.39 is 27.1 Å². The van der Waals surface area contributed by atoms with Crippen LogP contribution in [0, 0.1) is 4.78 Å². The van der Waals surface area contributed by atoms with Gasteiger partial charge in [-0.2, -0.15) is 0 Å². The highest BCUT2D eigenvalue weighted by atomic mass is 32.2. The van der Waals surface area contributed by atoms with Crippen LogP contribution in [0.15, 0.2) is 29.2 Å². The van der Waals surface area contributed by atoms with E-state index in [1.807, 2.05) is 0 Å². The first kappa shape index (κ1) is 14.6. The molecule has 0 heterocycles. The van der Waals surface area contributed by atoms with Gasteiger partial charge in [0, 0.05) is 4.90 Å². The molecule has 0 saturated carbocycles. The third-order valence-electron chi connectivity index (χ3n) is 2.80. The molecule has 4 nitrogen and oxygen atoms in total. The van der Waals surface area contributed by atoms with Gasteiger partial charge in [0.2, 0.25) is 0 Å². The summed E-state index contributed by atoms with van der Waals surface area (Å²) in [6, 6.07) is 5.65. The van der Waals surface area contributed by atoms with E-state index in [0.717, 1.165) is 0 Å². The third-order valence-corrected chi connectivity index (χ3v) is 5.19. The number of hydrogen-bond donors (Lipinski definition) is 1. The largest absolute Gasteiger partial charge is 0.465 e. The van der Waals surface area contributed by atoms with E-state index in [1.54, 1.807) is 0 Å². The standard InChI is InChI=1S/C12H16FNO3S/c1-8(13)9(2)18(14,16)11-6-4-10(5-7-11)12(15)17-3/h4-9,14H,1-3H3/t8?,9-,18?/m0/s1. The predicted octanol–water partition coefficient (Wildman–Crippen LogP) is 2.63. The summed E-state index contributed by atoms with van der Waals surface area (Å²) < 4.78 is 37.7. The highest BCUT2D eigenvalue weighted by Crippen LogP contribution is 2.21. The second-order valence-corrected chi connectivity index (χ2v) is 6.42. The molecule has 6 heteroatoms. The molecule has 0 aliphatic rings. The number of esters is 1. The summed E-state index contributed by atoms with van der Waals surface area (Å²) in [5.74, 6) is -0.509. The monoisotopic (exact) mass is 273 g/mol. The van der Waals surface area contributed by atoms with Crippen LogP contribution in [0.4, 0.5) is 4.39 Å². The van der Waals surface area contributed by atoms with Crippen LogP contribution >= 0.6 is 0 Å². The molecular formula is C12H16FNO3S. The number of hydrogen-bond acceptors (Lipinski definition) is 4. The van der Waals surface area contributed by atoms with Crippen molar-refractivity contribution < 1.29 is 18.1 Å². The first-order chi connectivity index (χ1) is 8.30. The lowest BCUT2D eigenvalue weighted by atomic mass is 10.2. The van der Waals surface area contributed by atoms with Gasteiger partial charge in [0.25, 0.3) is 0 Å². The third kappa shape index (κ3) is 2.87. The Balaban J connectivity index is 3.09. The van der Waals surface area contributed by atoms with Crippen LogP contribution < -0.4 is 0 Å². The molecule has 0 bridgehead atoms. The lowest BCUT2D eigenvalue weighted by Gasteiger charge is -2.17. The number of halogens is 1. The Hall–Kier alpha value is -1.43. The number of methoxy groups -OCH3 is 1. The van der Waals surface area contributed by atoms with Crippen LogP contribution in [0.2, 0.25) is 0 Å². The van der Waals surface area contributed by atoms with E-state index in [2.05, 4.69) is 4.74 Å². The summed E-state index contributed by atoms with van der Waals surface area (Å²) in [5, 5.41) is -0.901. The number of carbonyl (C=O) groups is 1. The molecule has 0 radical (unpaired) electrons. The van der Waals surface area contributed by atoms with Gasteiger partial charge >= 0.3 is 5.97 Å². The first-order valence-corrected chi connectivity index (χ1v) is 7.03. The zero-order valence-corrected chi connectivity index (χ0v) is 11.3. The summed E-state index contributed by atoms with van der Waals surface area (Å²) in [5.41, 5.74) is 0.303. The van der Waals surface area contributed by atoms with Crippen LogP contribution in [0.3, 0.4) is 0 Å². The lowest BCUT2D eigenvalue weighted by Crippen LogP contribution is -2.25. The molecule has 1 rings (SSSR count). The number of nitrogens with one attached hydrogen (secondary N) is 1. The molecule has 2 unspecified atom stereocenters. The van der Waals surface area contributed by atoms with Crippen molar-refractivity contribution in [2.45, 2.75) is 30.2 Å². The van der Waals surface area contributed by atoms with Gasteiger partial charge in [-0.25, -0.2) is 18.2 Å². The van der Waals surface area contributed by atoms with Crippen molar-refractivity contribution >= 4 is 15.7 Å². The molecule has 0 spiro atoms. The van der Waals surface area contributed by atoms with Crippen molar-refractivity contribution in [3.63, 3.8) is 0 Å². The van der Waals surface area contributed by atoms with Gasteiger partial charge in [0.05, 0.1) is 27.7 Å². The average molecular weight is 273 g/mol.